The molecule has 0 fully saturated rings. The molecule has 7 heavy (non-hydrogen) atoms. The molecular formula is C2H2IN2OS+. The third kappa shape index (κ3) is 1.23. The molecule has 0 atom stereocenters. The fourth-order valence-electron chi connectivity index (χ4n) is 0.214. The summed E-state index contributed by atoms with van der Waals surface area (Å²) < 4.78 is 1.32. The minimum absolute atomic E-state index is 0. The van der Waals surface area contributed by atoms with Crippen molar-refractivity contribution in [1.82, 2.24) is 5.10 Å². The molecule has 38 valence electrons. The summed E-state index contributed by atoms with van der Waals surface area (Å²) in [4.78, 5) is 0. The second-order valence-electron chi connectivity index (χ2n) is 0.884. The van der Waals surface area contributed by atoms with E-state index in [4.69, 9.17) is 0 Å². The van der Waals surface area contributed by atoms with Gasteiger partial charge in [0.25, 0.3) is 0 Å². The van der Waals surface area contributed by atoms with Crippen molar-refractivity contribution in [2.24, 2.45) is 0 Å². The SMILES string of the molecule is [H+].[O-][n+]1nc(I)cs1. The average molecular weight is 229 g/mol. The molecule has 0 saturated heterocycles. The second kappa shape index (κ2) is 1.91. The van der Waals surface area contributed by atoms with Crippen molar-refractivity contribution in [2.45, 2.75) is 0 Å². The van der Waals surface area contributed by atoms with E-state index in [0.717, 1.165) is 15.2 Å². The van der Waals surface area contributed by atoms with Gasteiger partial charge in [-0.25, -0.2) is 0 Å². The van der Waals surface area contributed by atoms with Crippen LogP contribution in [-0.2, 0) is 0 Å². The van der Waals surface area contributed by atoms with Crippen LogP contribution in [0.4, 0.5) is 0 Å². The Morgan fingerprint density at radius 3 is 3.00 bits per heavy atom. The Kier molecular flexibility index (Phi) is 1.43. The highest BCUT2D eigenvalue weighted by Gasteiger charge is 1.95. The van der Waals surface area contributed by atoms with Gasteiger partial charge in [-0.15, -0.1) is 0 Å². The van der Waals surface area contributed by atoms with Crippen LogP contribution in [-0.4, -0.2) is 5.10 Å². The molecule has 0 saturated carbocycles. The predicted octanol–water partition coefficient (Wildman–Crippen LogP) is 0.494. The van der Waals surface area contributed by atoms with Gasteiger partial charge < -0.3 is 5.21 Å². The zero-order chi connectivity index (χ0) is 5.28. The van der Waals surface area contributed by atoms with E-state index in [-0.39, 0.29) is 1.43 Å². The quantitative estimate of drug-likeness (QED) is 0.369. The van der Waals surface area contributed by atoms with E-state index in [1.54, 1.807) is 5.38 Å². The highest BCUT2D eigenvalue weighted by molar-refractivity contribution is 14.1. The van der Waals surface area contributed by atoms with Crippen molar-refractivity contribution < 1.29 is 5.66 Å². The zero-order valence-corrected chi connectivity index (χ0v) is 6.14. The Hall–Kier alpha value is 0.0900. The highest BCUT2D eigenvalue weighted by atomic mass is 127. The molecule has 0 radical (unpaired) electrons. The molecule has 1 aromatic heterocycles. The minimum Gasteiger partial charge on any atom is -0.581 e. The van der Waals surface area contributed by atoms with E-state index in [1.807, 2.05) is 22.6 Å². The van der Waals surface area contributed by atoms with Gasteiger partial charge in [0.2, 0.25) is 0 Å². The monoisotopic (exact) mass is 229 g/mol. The van der Waals surface area contributed by atoms with Crippen molar-refractivity contribution in [2.75, 3.05) is 0 Å². The zero-order valence-electron chi connectivity index (χ0n) is 4.17. The lowest BCUT2D eigenvalue weighted by Crippen LogP contribution is -2.23. The molecule has 1 heterocycles. The van der Waals surface area contributed by atoms with Crippen LogP contribution in [0, 0.1) is 8.91 Å². The van der Waals surface area contributed by atoms with Crippen LogP contribution < -0.4 is 4.23 Å². The summed E-state index contributed by atoms with van der Waals surface area (Å²) in [5, 5.41) is 15.3. The van der Waals surface area contributed by atoms with Gasteiger partial charge in [-0.2, -0.15) is 0 Å². The van der Waals surface area contributed by atoms with Crippen LogP contribution in [0.25, 0.3) is 0 Å². The van der Waals surface area contributed by atoms with Gasteiger partial charge in [0.05, 0.1) is 5.38 Å². The summed E-state index contributed by atoms with van der Waals surface area (Å²) in [6, 6.07) is 0. The van der Waals surface area contributed by atoms with Crippen LogP contribution in [0.1, 0.15) is 1.43 Å². The third-order valence-corrected chi connectivity index (χ3v) is 1.96. The van der Waals surface area contributed by atoms with Gasteiger partial charge in [-0.3, -0.25) is 0 Å². The molecule has 0 aliphatic heterocycles. The molecule has 1 rings (SSSR count). The van der Waals surface area contributed by atoms with Crippen LogP contribution >= 0.6 is 34.1 Å². The van der Waals surface area contributed by atoms with Gasteiger partial charge in [-0.1, -0.05) is 0 Å². The maximum Gasteiger partial charge on any atom is 1.00 e. The lowest BCUT2D eigenvalue weighted by atomic mass is 11.0. The summed E-state index contributed by atoms with van der Waals surface area (Å²) in [6.07, 6.45) is 0. The first-order chi connectivity index (χ1) is 3.29. The standard InChI is InChI=1S/C2HIN2OS/c3-2-1-7-5(6)4-2/h1H/p+1. The Morgan fingerprint density at radius 1 is 2.14 bits per heavy atom. The van der Waals surface area contributed by atoms with Crippen LogP contribution in [0.3, 0.4) is 0 Å². The summed E-state index contributed by atoms with van der Waals surface area (Å²) in [5.74, 6) is 0. The number of hydrogen-bond acceptors (Lipinski definition) is 3. The van der Waals surface area contributed by atoms with E-state index < -0.39 is 0 Å². The second-order valence-corrected chi connectivity index (χ2v) is 2.75. The van der Waals surface area contributed by atoms with Crippen LogP contribution in [0.15, 0.2) is 5.38 Å². The molecule has 3 nitrogen and oxygen atoms in total. The molecule has 0 aliphatic carbocycles. The van der Waals surface area contributed by atoms with Crippen LogP contribution in [0.2, 0.25) is 0 Å². The maximum atomic E-state index is 10.1. The number of aromatic nitrogens is 2. The van der Waals surface area contributed by atoms with Crippen LogP contribution in [0.5, 0.6) is 0 Å². The molecule has 0 aromatic carbocycles. The molecule has 0 aliphatic rings. The first kappa shape index (κ1) is 5.23. The summed E-state index contributed by atoms with van der Waals surface area (Å²) in [7, 11) is 0. The van der Waals surface area contributed by atoms with Crippen molar-refractivity contribution in [3.05, 3.63) is 14.3 Å². The van der Waals surface area contributed by atoms with Crippen molar-refractivity contribution in [3.8, 4) is 0 Å². The maximum absolute atomic E-state index is 10.1. The summed E-state index contributed by atoms with van der Waals surface area (Å²) in [6.45, 7) is 0. The third-order valence-electron chi connectivity index (χ3n) is 0.417. The molecule has 5 heteroatoms. The molecular weight excluding hydrogens is 227 g/mol. The Bertz CT molecular complexity index is 152. The molecule has 0 unspecified atom stereocenters. The Labute approximate surface area is 59.3 Å². The van der Waals surface area contributed by atoms with Gasteiger partial charge >= 0.3 is 1.43 Å². The first-order valence-corrected chi connectivity index (χ1v) is 3.42. The first-order valence-electron chi connectivity index (χ1n) is 1.50. The van der Waals surface area contributed by atoms with Crippen molar-refractivity contribution in [3.63, 3.8) is 0 Å². The fraction of sp³-hybridized carbons (Fsp3) is 0. The summed E-state index contributed by atoms with van der Waals surface area (Å²) >= 11 is 3.03. The molecule has 0 bridgehead atoms. The van der Waals surface area contributed by atoms with E-state index in [1.165, 1.54) is 0 Å². The fourth-order valence-corrected chi connectivity index (χ4v) is 1.26. The number of hydrogen-bond donors (Lipinski definition) is 0. The molecule has 0 spiro atoms. The lowest BCUT2D eigenvalue weighted by molar-refractivity contribution is -0.598. The smallest absolute Gasteiger partial charge is 0.581 e. The average Bonchev–Trinajstić information content (AvgIpc) is 1.87. The normalized spacial score (nSPS) is 9.29. The largest absolute Gasteiger partial charge is 1.00 e. The number of halogens is 1. The van der Waals surface area contributed by atoms with E-state index in [0.29, 0.717) is 4.23 Å². The van der Waals surface area contributed by atoms with E-state index in [9.17, 15) is 5.21 Å². The minimum atomic E-state index is 0. The molecule has 0 N–H and O–H groups in total. The highest BCUT2D eigenvalue weighted by Crippen LogP contribution is 1.96. The van der Waals surface area contributed by atoms with Gasteiger partial charge in [0, 0.05) is 9.33 Å². The lowest BCUT2D eigenvalue weighted by Gasteiger charge is -1.73. The van der Waals surface area contributed by atoms with E-state index in [2.05, 4.69) is 5.10 Å². The Balaban J connectivity index is 0.000000490. The van der Waals surface area contributed by atoms with Crippen molar-refractivity contribution >= 4 is 34.1 Å². The van der Waals surface area contributed by atoms with Gasteiger partial charge in [-0.05, 0) is 22.6 Å². The van der Waals surface area contributed by atoms with Crippen molar-refractivity contribution in [1.29, 1.82) is 0 Å². The topological polar surface area (TPSA) is 39.8 Å². The van der Waals surface area contributed by atoms with Gasteiger partial charge in [0.1, 0.15) is 0 Å². The summed E-state index contributed by atoms with van der Waals surface area (Å²) in [5.41, 5.74) is 0. The molecule has 0 amide bonds. The number of nitrogens with zero attached hydrogens (tertiary/aromatic N) is 2. The predicted molar refractivity (Wildman–Crippen MR) is 34.9 cm³/mol. The van der Waals surface area contributed by atoms with Gasteiger partial charge in [0.15, 0.2) is 15.2 Å². The number of rotatable bonds is 0. The van der Waals surface area contributed by atoms with E-state index >= 15 is 0 Å². The Morgan fingerprint density at radius 2 is 2.86 bits per heavy atom. The molecule has 1 aromatic rings.